The van der Waals surface area contributed by atoms with E-state index in [9.17, 15) is 9.90 Å². The number of ether oxygens (including phenoxy) is 2. The first-order chi connectivity index (χ1) is 16.2. The van der Waals surface area contributed by atoms with Gasteiger partial charge in [0.05, 0.1) is 5.56 Å². The quantitative estimate of drug-likeness (QED) is 0.313. The zero-order chi connectivity index (χ0) is 22.6. The largest absolute Gasteiger partial charge is 0.478 e. The Kier molecular flexibility index (Phi) is 5.47. The second-order valence-corrected chi connectivity index (χ2v) is 7.31. The molecule has 6 nitrogen and oxygen atoms in total. The van der Waals surface area contributed by atoms with Crippen LogP contribution in [0.1, 0.15) is 11.7 Å². The summed E-state index contributed by atoms with van der Waals surface area (Å²) in [7, 11) is 0. The van der Waals surface area contributed by atoms with Gasteiger partial charge >= 0.3 is 5.97 Å². The number of carbonyl (C=O) groups is 1. The van der Waals surface area contributed by atoms with Gasteiger partial charge in [0.15, 0.2) is 5.58 Å². The highest BCUT2D eigenvalue weighted by Crippen LogP contribution is 2.35. The molecule has 1 N–H and O–H groups in total. The topological polar surface area (TPSA) is 81.8 Å². The molecule has 1 atom stereocenters. The fourth-order valence-corrected chi connectivity index (χ4v) is 3.49. The van der Waals surface area contributed by atoms with Gasteiger partial charge in [0, 0.05) is 5.56 Å². The second-order valence-electron chi connectivity index (χ2n) is 7.31. The summed E-state index contributed by atoms with van der Waals surface area (Å²) < 4.78 is 17.7. The molecule has 0 saturated carbocycles. The van der Waals surface area contributed by atoms with Crippen LogP contribution in [0.15, 0.2) is 108 Å². The molecule has 0 radical (unpaired) electrons. The summed E-state index contributed by atoms with van der Waals surface area (Å²) >= 11 is 0. The van der Waals surface area contributed by atoms with Crippen LogP contribution in [0.2, 0.25) is 0 Å². The number of aliphatic carboxylic acids is 1. The van der Waals surface area contributed by atoms with Gasteiger partial charge < -0.3 is 19.0 Å². The minimum Gasteiger partial charge on any atom is -0.478 e. The zero-order valence-corrected chi connectivity index (χ0v) is 17.4. The molecule has 5 rings (SSSR count). The van der Waals surface area contributed by atoms with Gasteiger partial charge in [-0.15, -0.1) is 0 Å². The van der Waals surface area contributed by atoms with Crippen LogP contribution in [-0.2, 0) is 4.79 Å². The van der Waals surface area contributed by atoms with Crippen molar-refractivity contribution in [2.75, 3.05) is 0 Å². The van der Waals surface area contributed by atoms with Crippen LogP contribution in [0.25, 0.3) is 22.6 Å². The Labute approximate surface area is 189 Å². The molecule has 1 aromatic heterocycles. The molecule has 0 aliphatic rings. The van der Waals surface area contributed by atoms with E-state index in [0.717, 1.165) is 0 Å². The number of nitrogens with zero attached hydrogens (tertiary/aromatic N) is 1. The summed E-state index contributed by atoms with van der Waals surface area (Å²) in [6.07, 6.45) is -1.25. The van der Waals surface area contributed by atoms with Crippen LogP contribution in [-0.4, -0.2) is 16.1 Å². The average Bonchev–Trinajstić information content (AvgIpc) is 3.27. The number of hydrogen-bond acceptors (Lipinski definition) is 5. The highest BCUT2D eigenvalue weighted by Gasteiger charge is 2.25. The Balaban J connectivity index is 1.46. The lowest BCUT2D eigenvalue weighted by molar-refractivity contribution is -0.145. The highest BCUT2D eigenvalue weighted by atomic mass is 16.5. The van der Waals surface area contributed by atoms with Crippen molar-refractivity contribution in [3.05, 3.63) is 109 Å². The molecule has 0 saturated heterocycles. The summed E-state index contributed by atoms with van der Waals surface area (Å²) in [5.41, 5.74) is 2.37. The predicted octanol–water partition coefficient (Wildman–Crippen LogP) is 6.49. The fourth-order valence-electron chi connectivity index (χ4n) is 3.49. The molecule has 6 heteroatoms. The molecule has 0 amide bonds. The van der Waals surface area contributed by atoms with Crippen molar-refractivity contribution >= 4 is 17.1 Å². The molecule has 0 aliphatic heterocycles. The van der Waals surface area contributed by atoms with E-state index in [1.807, 2.05) is 60.7 Å². The Bertz CT molecular complexity index is 1380. The SMILES string of the molecule is O=C(O)C(Oc1ccccc1-c1nc2ccccc2o1)c1cccc(Oc2ccccc2)c1. The summed E-state index contributed by atoms with van der Waals surface area (Å²) in [6.45, 7) is 0. The molecule has 0 fully saturated rings. The summed E-state index contributed by atoms with van der Waals surface area (Å²) in [5.74, 6) is 0.756. The van der Waals surface area contributed by atoms with E-state index in [0.29, 0.717) is 45.4 Å². The maximum atomic E-state index is 12.2. The number of rotatable bonds is 7. The van der Waals surface area contributed by atoms with E-state index >= 15 is 0 Å². The number of oxazole rings is 1. The van der Waals surface area contributed by atoms with Crippen LogP contribution in [0.3, 0.4) is 0 Å². The van der Waals surface area contributed by atoms with Crippen molar-refractivity contribution in [3.63, 3.8) is 0 Å². The van der Waals surface area contributed by atoms with Crippen molar-refractivity contribution < 1.29 is 23.8 Å². The average molecular weight is 437 g/mol. The van der Waals surface area contributed by atoms with Crippen molar-refractivity contribution in [3.8, 4) is 28.7 Å². The van der Waals surface area contributed by atoms with Crippen LogP contribution in [0, 0.1) is 0 Å². The Hall–Kier alpha value is -4.58. The van der Waals surface area contributed by atoms with Gasteiger partial charge in [0.1, 0.15) is 22.8 Å². The lowest BCUT2D eigenvalue weighted by Crippen LogP contribution is -2.18. The molecule has 4 aromatic carbocycles. The number of hydrogen-bond donors (Lipinski definition) is 1. The molecule has 162 valence electrons. The fraction of sp³-hybridized carbons (Fsp3) is 0.0370. The zero-order valence-electron chi connectivity index (χ0n) is 17.4. The van der Waals surface area contributed by atoms with Crippen LogP contribution in [0.5, 0.6) is 17.2 Å². The minimum absolute atomic E-state index is 0.353. The first kappa shape index (κ1) is 20.3. The van der Waals surface area contributed by atoms with Crippen molar-refractivity contribution in [2.45, 2.75) is 6.10 Å². The van der Waals surface area contributed by atoms with Crippen molar-refractivity contribution in [1.29, 1.82) is 0 Å². The Morgan fingerprint density at radius 2 is 1.55 bits per heavy atom. The molecule has 0 spiro atoms. The molecular formula is C27H19NO5. The van der Waals surface area contributed by atoms with Crippen molar-refractivity contribution in [1.82, 2.24) is 4.98 Å². The highest BCUT2D eigenvalue weighted by molar-refractivity contribution is 5.78. The number of benzene rings is 4. The first-order valence-corrected chi connectivity index (χ1v) is 10.3. The van der Waals surface area contributed by atoms with E-state index in [4.69, 9.17) is 13.9 Å². The number of carboxylic acid groups (broad SMARTS) is 1. The van der Waals surface area contributed by atoms with Gasteiger partial charge in [-0.1, -0.05) is 54.6 Å². The number of para-hydroxylation sites is 4. The number of aromatic nitrogens is 1. The van der Waals surface area contributed by atoms with Crippen molar-refractivity contribution in [2.24, 2.45) is 0 Å². The molecule has 0 aliphatic carbocycles. The third-order valence-corrected chi connectivity index (χ3v) is 5.02. The minimum atomic E-state index is -1.25. The van der Waals surface area contributed by atoms with Crippen LogP contribution < -0.4 is 9.47 Å². The number of fused-ring (bicyclic) bond motifs is 1. The van der Waals surface area contributed by atoms with Crippen LogP contribution in [0.4, 0.5) is 0 Å². The first-order valence-electron chi connectivity index (χ1n) is 10.3. The molecule has 5 aromatic rings. The third-order valence-electron chi connectivity index (χ3n) is 5.02. The van der Waals surface area contributed by atoms with Gasteiger partial charge in [-0.05, 0) is 48.5 Å². The molecule has 1 heterocycles. The molecule has 33 heavy (non-hydrogen) atoms. The van der Waals surface area contributed by atoms with E-state index in [1.165, 1.54) is 0 Å². The van der Waals surface area contributed by atoms with E-state index in [2.05, 4.69) is 4.98 Å². The molecule has 1 unspecified atom stereocenters. The Morgan fingerprint density at radius 3 is 2.36 bits per heavy atom. The summed E-state index contributed by atoms with van der Waals surface area (Å²) in [6, 6.07) is 30.6. The lowest BCUT2D eigenvalue weighted by atomic mass is 10.1. The van der Waals surface area contributed by atoms with Gasteiger partial charge in [-0.2, -0.15) is 0 Å². The molecule has 0 bridgehead atoms. The van der Waals surface area contributed by atoms with Gasteiger partial charge in [0.25, 0.3) is 0 Å². The van der Waals surface area contributed by atoms with E-state index < -0.39 is 12.1 Å². The maximum absolute atomic E-state index is 12.2. The third kappa shape index (κ3) is 4.41. The van der Waals surface area contributed by atoms with Gasteiger partial charge in [-0.25, -0.2) is 9.78 Å². The van der Waals surface area contributed by atoms with Gasteiger partial charge in [0.2, 0.25) is 12.0 Å². The maximum Gasteiger partial charge on any atom is 0.349 e. The van der Waals surface area contributed by atoms with E-state index in [1.54, 1.807) is 42.5 Å². The smallest absolute Gasteiger partial charge is 0.349 e. The Morgan fingerprint density at radius 1 is 0.818 bits per heavy atom. The number of carboxylic acids is 1. The predicted molar refractivity (Wildman–Crippen MR) is 123 cm³/mol. The lowest BCUT2D eigenvalue weighted by Gasteiger charge is -2.18. The standard InChI is InChI=1S/C27H19NO5/c29-27(30)25(18-9-8-12-20(17-18)31-19-10-2-1-3-11-19)32-23-15-6-4-13-21(23)26-28-22-14-5-7-16-24(22)33-26/h1-17,25H,(H,29,30). The monoisotopic (exact) mass is 437 g/mol. The normalized spacial score (nSPS) is 11.8. The van der Waals surface area contributed by atoms with Gasteiger partial charge in [-0.3, -0.25) is 0 Å². The second kappa shape index (κ2) is 8.88. The summed E-state index contributed by atoms with van der Waals surface area (Å²) in [4.78, 5) is 16.7. The van der Waals surface area contributed by atoms with E-state index in [-0.39, 0.29) is 0 Å². The summed E-state index contributed by atoms with van der Waals surface area (Å²) in [5, 5.41) is 9.94. The molecular weight excluding hydrogens is 418 g/mol. The van der Waals surface area contributed by atoms with Crippen LogP contribution >= 0.6 is 0 Å².